The average molecular weight is 288 g/mol. The molecular formula is C15H20N4O2. The van der Waals surface area contributed by atoms with Crippen LogP contribution in [0.4, 0.5) is 11.4 Å². The number of rotatable bonds is 6. The smallest absolute Gasteiger partial charge is 0.340 e. The van der Waals surface area contributed by atoms with E-state index in [1.807, 2.05) is 17.7 Å². The molecule has 1 unspecified atom stereocenters. The summed E-state index contributed by atoms with van der Waals surface area (Å²) in [5.74, 6) is -0.373. The van der Waals surface area contributed by atoms with Gasteiger partial charge < -0.3 is 20.4 Å². The van der Waals surface area contributed by atoms with Crippen molar-refractivity contribution in [1.82, 2.24) is 9.55 Å². The lowest BCUT2D eigenvalue weighted by atomic mass is 10.1. The van der Waals surface area contributed by atoms with Crippen LogP contribution >= 0.6 is 0 Å². The van der Waals surface area contributed by atoms with E-state index in [-0.39, 0.29) is 12.0 Å². The number of aromatic nitrogens is 2. The van der Waals surface area contributed by atoms with Crippen LogP contribution in [0.5, 0.6) is 0 Å². The number of nitrogen functional groups attached to an aromatic ring is 1. The molecule has 2 rings (SSSR count). The number of esters is 1. The topological polar surface area (TPSA) is 82.2 Å². The van der Waals surface area contributed by atoms with Crippen LogP contribution in [-0.2, 0) is 11.3 Å². The molecule has 3 N–H and O–H groups in total. The summed E-state index contributed by atoms with van der Waals surface area (Å²) in [6.07, 6.45) is 5.39. The zero-order chi connectivity index (χ0) is 15.2. The highest BCUT2D eigenvalue weighted by Gasteiger charge is 2.14. The second-order valence-corrected chi connectivity index (χ2v) is 4.83. The van der Waals surface area contributed by atoms with Crippen molar-refractivity contribution < 1.29 is 9.53 Å². The number of carbonyl (C=O) groups is 1. The predicted octanol–water partition coefficient (Wildman–Crippen LogP) is 2.14. The number of nitrogens with zero attached hydrogens (tertiary/aromatic N) is 2. The number of benzene rings is 1. The minimum absolute atomic E-state index is 0.121. The van der Waals surface area contributed by atoms with Gasteiger partial charge in [0, 0.05) is 36.4 Å². The van der Waals surface area contributed by atoms with Crippen molar-refractivity contribution in [3.05, 3.63) is 42.5 Å². The first kappa shape index (κ1) is 14.9. The number of carbonyl (C=O) groups excluding carboxylic acids is 1. The van der Waals surface area contributed by atoms with Crippen molar-refractivity contribution in [3.63, 3.8) is 0 Å². The highest BCUT2D eigenvalue weighted by Crippen LogP contribution is 2.21. The van der Waals surface area contributed by atoms with Gasteiger partial charge in [0.15, 0.2) is 0 Å². The van der Waals surface area contributed by atoms with E-state index >= 15 is 0 Å². The van der Waals surface area contributed by atoms with Gasteiger partial charge in [-0.15, -0.1) is 0 Å². The monoisotopic (exact) mass is 288 g/mol. The van der Waals surface area contributed by atoms with Gasteiger partial charge in [0.25, 0.3) is 0 Å². The number of nitrogens with one attached hydrogen (secondary N) is 1. The number of imidazole rings is 1. The fourth-order valence-electron chi connectivity index (χ4n) is 2.09. The summed E-state index contributed by atoms with van der Waals surface area (Å²) in [4.78, 5) is 16.0. The van der Waals surface area contributed by atoms with Gasteiger partial charge >= 0.3 is 5.97 Å². The van der Waals surface area contributed by atoms with E-state index in [1.54, 1.807) is 37.6 Å². The van der Waals surface area contributed by atoms with Crippen LogP contribution in [0.3, 0.4) is 0 Å². The van der Waals surface area contributed by atoms with Crippen LogP contribution in [0.2, 0.25) is 0 Å². The molecule has 0 saturated heterocycles. The van der Waals surface area contributed by atoms with E-state index < -0.39 is 0 Å². The van der Waals surface area contributed by atoms with E-state index in [2.05, 4.69) is 10.3 Å². The standard InChI is InChI=1S/C15H20N4O2/c1-3-21-15(20)13-8-12(16)4-5-14(13)18-11(2)9-19-7-6-17-10-19/h4-8,10-11,18H,3,9,16H2,1-2H3. The van der Waals surface area contributed by atoms with Crippen LogP contribution in [0.25, 0.3) is 0 Å². The molecule has 0 bridgehead atoms. The molecule has 1 aromatic heterocycles. The summed E-state index contributed by atoms with van der Waals surface area (Å²) < 4.78 is 7.03. The molecule has 0 aliphatic carbocycles. The molecule has 112 valence electrons. The second kappa shape index (κ2) is 6.78. The quantitative estimate of drug-likeness (QED) is 0.628. The number of ether oxygens (including phenoxy) is 1. The van der Waals surface area contributed by atoms with Crippen molar-refractivity contribution in [2.75, 3.05) is 17.7 Å². The fraction of sp³-hybridized carbons (Fsp3) is 0.333. The second-order valence-electron chi connectivity index (χ2n) is 4.83. The Labute approximate surface area is 123 Å². The largest absolute Gasteiger partial charge is 0.462 e. The first-order valence-electron chi connectivity index (χ1n) is 6.89. The summed E-state index contributed by atoms with van der Waals surface area (Å²) in [5.41, 5.74) is 7.46. The van der Waals surface area contributed by atoms with Gasteiger partial charge in [0.05, 0.1) is 18.5 Å². The molecule has 0 aliphatic rings. The molecule has 6 heteroatoms. The summed E-state index contributed by atoms with van der Waals surface area (Å²) in [5, 5.41) is 3.31. The SMILES string of the molecule is CCOC(=O)c1cc(N)ccc1NC(C)Cn1ccnc1. The minimum Gasteiger partial charge on any atom is -0.462 e. The molecule has 1 heterocycles. The van der Waals surface area contributed by atoms with Crippen molar-refractivity contribution in [1.29, 1.82) is 0 Å². The molecule has 0 aliphatic heterocycles. The van der Waals surface area contributed by atoms with Gasteiger partial charge in [-0.3, -0.25) is 0 Å². The summed E-state index contributed by atoms with van der Waals surface area (Å²) in [6, 6.07) is 5.31. The van der Waals surface area contributed by atoms with Gasteiger partial charge in [0.2, 0.25) is 0 Å². The molecule has 21 heavy (non-hydrogen) atoms. The Morgan fingerprint density at radius 1 is 1.52 bits per heavy atom. The number of hydrogen-bond acceptors (Lipinski definition) is 5. The van der Waals surface area contributed by atoms with Crippen LogP contribution in [0.15, 0.2) is 36.9 Å². The number of anilines is 2. The third kappa shape index (κ3) is 3.98. The molecule has 0 spiro atoms. The molecule has 2 aromatic rings. The Morgan fingerprint density at radius 3 is 3.00 bits per heavy atom. The molecule has 1 atom stereocenters. The fourth-order valence-corrected chi connectivity index (χ4v) is 2.09. The third-order valence-electron chi connectivity index (χ3n) is 2.98. The maximum atomic E-state index is 12.0. The summed E-state index contributed by atoms with van der Waals surface area (Å²) in [7, 11) is 0. The minimum atomic E-state index is -0.373. The van der Waals surface area contributed by atoms with Gasteiger partial charge in [-0.05, 0) is 32.0 Å². The van der Waals surface area contributed by atoms with Crippen molar-refractivity contribution >= 4 is 17.3 Å². The molecule has 0 amide bonds. The zero-order valence-electron chi connectivity index (χ0n) is 12.2. The van der Waals surface area contributed by atoms with Crippen molar-refractivity contribution in [2.24, 2.45) is 0 Å². The van der Waals surface area contributed by atoms with Gasteiger partial charge in [-0.25, -0.2) is 9.78 Å². The van der Waals surface area contributed by atoms with Gasteiger partial charge in [-0.1, -0.05) is 0 Å². The summed E-state index contributed by atoms with van der Waals surface area (Å²) in [6.45, 7) is 4.88. The highest BCUT2D eigenvalue weighted by atomic mass is 16.5. The zero-order valence-corrected chi connectivity index (χ0v) is 12.2. The first-order valence-corrected chi connectivity index (χ1v) is 6.89. The Morgan fingerprint density at radius 2 is 2.33 bits per heavy atom. The lowest BCUT2D eigenvalue weighted by Crippen LogP contribution is -2.23. The maximum Gasteiger partial charge on any atom is 0.340 e. The Hall–Kier alpha value is -2.50. The van der Waals surface area contributed by atoms with E-state index in [0.29, 0.717) is 17.9 Å². The van der Waals surface area contributed by atoms with Crippen LogP contribution in [-0.4, -0.2) is 28.2 Å². The van der Waals surface area contributed by atoms with Gasteiger partial charge in [-0.2, -0.15) is 0 Å². The van der Waals surface area contributed by atoms with Crippen molar-refractivity contribution in [2.45, 2.75) is 26.4 Å². The summed E-state index contributed by atoms with van der Waals surface area (Å²) >= 11 is 0. The van der Waals surface area contributed by atoms with Crippen LogP contribution < -0.4 is 11.1 Å². The highest BCUT2D eigenvalue weighted by molar-refractivity contribution is 5.96. The molecule has 6 nitrogen and oxygen atoms in total. The van der Waals surface area contributed by atoms with E-state index in [9.17, 15) is 4.79 Å². The lowest BCUT2D eigenvalue weighted by molar-refractivity contribution is 0.0527. The maximum absolute atomic E-state index is 12.0. The number of hydrogen-bond donors (Lipinski definition) is 2. The van der Waals surface area contributed by atoms with Crippen LogP contribution in [0.1, 0.15) is 24.2 Å². The van der Waals surface area contributed by atoms with Crippen molar-refractivity contribution in [3.8, 4) is 0 Å². The Kier molecular flexibility index (Phi) is 4.81. The van der Waals surface area contributed by atoms with Crippen LogP contribution in [0, 0.1) is 0 Å². The molecular weight excluding hydrogens is 268 g/mol. The number of nitrogens with two attached hydrogens (primary N) is 1. The van der Waals surface area contributed by atoms with E-state index in [0.717, 1.165) is 12.2 Å². The normalized spacial score (nSPS) is 11.9. The van der Waals surface area contributed by atoms with E-state index in [4.69, 9.17) is 10.5 Å². The third-order valence-corrected chi connectivity index (χ3v) is 2.98. The first-order chi connectivity index (χ1) is 10.1. The average Bonchev–Trinajstić information content (AvgIpc) is 2.93. The van der Waals surface area contributed by atoms with E-state index in [1.165, 1.54) is 0 Å². The predicted molar refractivity (Wildman–Crippen MR) is 82.1 cm³/mol. The molecule has 0 fully saturated rings. The Balaban J connectivity index is 2.13. The van der Waals surface area contributed by atoms with Gasteiger partial charge in [0.1, 0.15) is 0 Å². The lowest BCUT2D eigenvalue weighted by Gasteiger charge is -2.18. The Bertz CT molecular complexity index is 596. The molecule has 0 radical (unpaired) electrons. The molecule has 1 aromatic carbocycles. The molecule has 0 saturated carbocycles.